The lowest BCUT2D eigenvalue weighted by Gasteiger charge is -2.17. The summed E-state index contributed by atoms with van der Waals surface area (Å²) >= 11 is 1.63. The van der Waals surface area contributed by atoms with E-state index in [0.29, 0.717) is 11.6 Å². The molecule has 0 unspecified atom stereocenters. The summed E-state index contributed by atoms with van der Waals surface area (Å²) in [6.45, 7) is 2.98. The van der Waals surface area contributed by atoms with Crippen LogP contribution in [0.4, 0.5) is 10.8 Å². The lowest BCUT2D eigenvalue weighted by Crippen LogP contribution is -2.26. The third-order valence-electron chi connectivity index (χ3n) is 4.55. The molecular weight excluding hydrogens is 320 g/mol. The van der Waals surface area contributed by atoms with Crippen molar-refractivity contribution in [2.24, 2.45) is 0 Å². The van der Waals surface area contributed by atoms with Gasteiger partial charge in [0.15, 0.2) is 5.13 Å². The number of rotatable bonds is 3. The number of nitrogens with one attached hydrogen (secondary N) is 1. The van der Waals surface area contributed by atoms with Crippen LogP contribution >= 0.6 is 11.3 Å². The van der Waals surface area contributed by atoms with Gasteiger partial charge in [-0.1, -0.05) is 24.3 Å². The Balaban J connectivity index is 1.36. The number of fused-ring (bicyclic) bond motifs is 2. The maximum Gasteiger partial charge on any atom is 0.228 e. The molecule has 0 aliphatic carbocycles. The Labute approximate surface area is 145 Å². The minimum atomic E-state index is 0.0809. The Morgan fingerprint density at radius 3 is 3.12 bits per heavy atom. The van der Waals surface area contributed by atoms with Crippen molar-refractivity contribution in [3.05, 3.63) is 46.0 Å². The number of hydrogen-bond acceptors (Lipinski definition) is 5. The van der Waals surface area contributed by atoms with Gasteiger partial charge >= 0.3 is 0 Å². The number of carbonyl (C=O) groups is 1. The first-order valence-electron chi connectivity index (χ1n) is 8.23. The number of nitrogen functional groups attached to an aromatic ring is 1. The van der Waals surface area contributed by atoms with Crippen molar-refractivity contribution in [1.82, 2.24) is 9.88 Å². The van der Waals surface area contributed by atoms with Gasteiger partial charge < -0.3 is 11.1 Å². The number of benzene rings is 1. The number of thiazole rings is 1. The molecule has 0 bridgehead atoms. The first-order chi connectivity index (χ1) is 11.7. The summed E-state index contributed by atoms with van der Waals surface area (Å²) in [7, 11) is 0. The van der Waals surface area contributed by atoms with Crippen LogP contribution < -0.4 is 11.1 Å². The summed E-state index contributed by atoms with van der Waals surface area (Å²) in [5, 5.41) is 3.59. The largest absolute Gasteiger partial charge is 0.375 e. The smallest absolute Gasteiger partial charge is 0.228 e. The molecule has 2 aromatic rings. The van der Waals surface area contributed by atoms with Gasteiger partial charge in [0.1, 0.15) is 0 Å². The lowest BCUT2D eigenvalue weighted by atomic mass is 10.1. The SMILES string of the molecule is Nc1nc2c(s1)CCN(CC=Cc1ccc3c(c1)NC(=O)C3)CC2. The van der Waals surface area contributed by atoms with Crippen LogP contribution in [0, 0.1) is 0 Å². The average molecular weight is 340 g/mol. The van der Waals surface area contributed by atoms with E-state index in [0.717, 1.165) is 49.3 Å². The van der Waals surface area contributed by atoms with Crippen LogP contribution in [0.25, 0.3) is 6.08 Å². The third kappa shape index (κ3) is 3.20. The van der Waals surface area contributed by atoms with Crippen LogP contribution in [0.1, 0.15) is 21.7 Å². The maximum absolute atomic E-state index is 11.4. The molecule has 3 N–H and O–H groups in total. The summed E-state index contributed by atoms with van der Waals surface area (Å²) in [6.07, 6.45) is 6.82. The lowest BCUT2D eigenvalue weighted by molar-refractivity contribution is -0.115. The number of nitrogens with two attached hydrogens (primary N) is 1. The second kappa shape index (κ2) is 6.37. The minimum absolute atomic E-state index is 0.0809. The van der Waals surface area contributed by atoms with Crippen molar-refractivity contribution in [2.45, 2.75) is 19.3 Å². The Morgan fingerprint density at radius 1 is 1.33 bits per heavy atom. The Bertz CT molecular complexity index is 786. The van der Waals surface area contributed by atoms with Crippen molar-refractivity contribution in [1.29, 1.82) is 0 Å². The molecule has 1 amide bonds. The van der Waals surface area contributed by atoms with Crippen LogP contribution in [0.15, 0.2) is 24.3 Å². The van der Waals surface area contributed by atoms with Crippen LogP contribution in [0.5, 0.6) is 0 Å². The van der Waals surface area contributed by atoms with E-state index < -0.39 is 0 Å². The minimum Gasteiger partial charge on any atom is -0.375 e. The Hall–Kier alpha value is -2.18. The van der Waals surface area contributed by atoms with E-state index in [4.69, 9.17) is 5.73 Å². The van der Waals surface area contributed by atoms with Crippen molar-refractivity contribution in [3.8, 4) is 0 Å². The van der Waals surface area contributed by atoms with Crippen molar-refractivity contribution in [3.63, 3.8) is 0 Å². The second-order valence-electron chi connectivity index (χ2n) is 6.27. The van der Waals surface area contributed by atoms with Crippen LogP contribution in [-0.4, -0.2) is 35.4 Å². The summed E-state index contributed by atoms with van der Waals surface area (Å²) in [4.78, 5) is 19.6. The van der Waals surface area contributed by atoms with E-state index in [1.807, 2.05) is 12.1 Å². The molecule has 0 radical (unpaired) electrons. The highest BCUT2D eigenvalue weighted by molar-refractivity contribution is 7.15. The van der Waals surface area contributed by atoms with Crippen LogP contribution in [-0.2, 0) is 24.1 Å². The second-order valence-corrected chi connectivity index (χ2v) is 7.38. The number of hydrogen-bond donors (Lipinski definition) is 2. The highest BCUT2D eigenvalue weighted by atomic mass is 32.1. The molecule has 1 aromatic heterocycles. The molecule has 124 valence electrons. The van der Waals surface area contributed by atoms with Gasteiger partial charge in [-0.25, -0.2) is 4.98 Å². The van der Waals surface area contributed by atoms with Crippen molar-refractivity contribution in [2.75, 3.05) is 30.7 Å². The molecule has 3 heterocycles. The number of aromatic nitrogens is 1. The summed E-state index contributed by atoms with van der Waals surface area (Å²) in [5.74, 6) is 0.0809. The molecule has 24 heavy (non-hydrogen) atoms. The quantitative estimate of drug-likeness (QED) is 0.900. The maximum atomic E-state index is 11.4. The molecule has 5 nitrogen and oxygen atoms in total. The zero-order valence-corrected chi connectivity index (χ0v) is 14.2. The summed E-state index contributed by atoms with van der Waals surface area (Å²) < 4.78 is 0. The normalized spacial score (nSPS) is 17.6. The van der Waals surface area contributed by atoms with Crippen LogP contribution in [0.3, 0.4) is 0 Å². The number of amides is 1. The molecule has 6 heteroatoms. The van der Waals surface area contributed by atoms with E-state index in [1.54, 1.807) is 11.3 Å². The number of carbonyl (C=O) groups excluding carboxylic acids is 1. The summed E-state index contributed by atoms with van der Waals surface area (Å²) in [6, 6.07) is 6.15. The highest BCUT2D eigenvalue weighted by Gasteiger charge is 2.18. The van der Waals surface area contributed by atoms with Gasteiger partial charge in [0.2, 0.25) is 5.91 Å². The fraction of sp³-hybridized carbons (Fsp3) is 0.333. The highest BCUT2D eigenvalue weighted by Crippen LogP contribution is 2.25. The first kappa shape index (κ1) is 15.4. The van der Waals surface area contributed by atoms with E-state index in [1.165, 1.54) is 10.6 Å². The fourth-order valence-electron chi connectivity index (χ4n) is 3.29. The predicted octanol–water partition coefficient (Wildman–Crippen LogP) is 2.33. The molecule has 2 aliphatic rings. The van der Waals surface area contributed by atoms with Gasteiger partial charge in [-0.2, -0.15) is 0 Å². The topological polar surface area (TPSA) is 71.2 Å². The molecule has 0 atom stereocenters. The van der Waals surface area contributed by atoms with Crippen LogP contribution in [0.2, 0.25) is 0 Å². The van der Waals surface area contributed by atoms with Crippen molar-refractivity contribution >= 4 is 34.1 Å². The van der Waals surface area contributed by atoms with Gasteiger partial charge in [0, 0.05) is 36.6 Å². The molecule has 0 saturated carbocycles. The van der Waals surface area contributed by atoms with E-state index >= 15 is 0 Å². The van der Waals surface area contributed by atoms with Gasteiger partial charge in [-0.15, -0.1) is 11.3 Å². The summed E-state index contributed by atoms with van der Waals surface area (Å²) in [5.41, 5.74) is 10.1. The molecule has 2 aliphatic heterocycles. The Kier molecular flexibility index (Phi) is 4.08. The number of nitrogens with zero attached hydrogens (tertiary/aromatic N) is 2. The van der Waals surface area contributed by atoms with Gasteiger partial charge in [-0.05, 0) is 23.6 Å². The van der Waals surface area contributed by atoms with Gasteiger partial charge in [0.25, 0.3) is 0 Å². The predicted molar refractivity (Wildman–Crippen MR) is 98.2 cm³/mol. The first-order valence-corrected chi connectivity index (χ1v) is 9.05. The molecule has 4 rings (SSSR count). The monoisotopic (exact) mass is 340 g/mol. The molecule has 1 aromatic carbocycles. The zero-order valence-electron chi connectivity index (χ0n) is 13.4. The zero-order chi connectivity index (χ0) is 16.5. The average Bonchev–Trinajstić information content (AvgIpc) is 3.04. The van der Waals surface area contributed by atoms with E-state index in [9.17, 15) is 4.79 Å². The molecule has 0 spiro atoms. The standard InChI is InChI=1S/C18H20N4OS/c19-18-21-14-5-8-22(9-6-16(14)24-18)7-1-2-12-3-4-13-11-17(23)20-15(13)10-12/h1-4,10H,5-9,11H2,(H2,19,21)(H,20,23). The van der Waals surface area contributed by atoms with Gasteiger partial charge in [0.05, 0.1) is 12.1 Å². The Morgan fingerprint density at radius 2 is 2.21 bits per heavy atom. The molecular formula is C18H20N4OS. The van der Waals surface area contributed by atoms with E-state index in [2.05, 4.69) is 33.4 Å². The van der Waals surface area contributed by atoms with Gasteiger partial charge in [-0.3, -0.25) is 9.69 Å². The van der Waals surface area contributed by atoms with E-state index in [-0.39, 0.29) is 5.91 Å². The number of anilines is 2. The molecule has 0 fully saturated rings. The van der Waals surface area contributed by atoms with Crippen molar-refractivity contribution < 1.29 is 4.79 Å². The fourth-order valence-corrected chi connectivity index (χ4v) is 4.15. The molecule has 0 saturated heterocycles. The third-order valence-corrected chi connectivity index (χ3v) is 5.53.